The maximum atomic E-state index is 11.0. The van der Waals surface area contributed by atoms with Crippen LogP contribution in [0.5, 0.6) is 0 Å². The molecule has 14 heavy (non-hydrogen) atoms. The van der Waals surface area contributed by atoms with E-state index in [0.717, 1.165) is 0 Å². The van der Waals surface area contributed by atoms with Crippen LogP contribution in [0.1, 0.15) is 13.8 Å². The molecular weight excluding hydrogens is 188 g/mol. The van der Waals surface area contributed by atoms with Crippen molar-refractivity contribution in [3.8, 4) is 0 Å². The number of Topliss-reactive ketones (excluding diaryl/α,β-unsaturated/α-hetero) is 1. The molecule has 0 spiro atoms. The van der Waals surface area contributed by atoms with E-state index in [-0.39, 0.29) is 12.2 Å². The van der Waals surface area contributed by atoms with E-state index < -0.39 is 23.6 Å². The highest BCUT2D eigenvalue weighted by Gasteiger charge is 2.23. The second kappa shape index (κ2) is 5.16. The Balaban J connectivity index is 4.45. The summed E-state index contributed by atoms with van der Waals surface area (Å²) in [7, 11) is 0. The van der Waals surface area contributed by atoms with Crippen molar-refractivity contribution in [1.29, 1.82) is 0 Å². The van der Waals surface area contributed by atoms with Crippen molar-refractivity contribution in [2.75, 3.05) is 6.61 Å². The number of ketones is 1. The summed E-state index contributed by atoms with van der Waals surface area (Å²) in [6, 6.07) is 0. The van der Waals surface area contributed by atoms with Gasteiger partial charge in [-0.15, -0.1) is 0 Å². The van der Waals surface area contributed by atoms with Crippen LogP contribution in [0, 0.1) is 5.92 Å². The van der Waals surface area contributed by atoms with Gasteiger partial charge in [-0.2, -0.15) is 0 Å². The standard InChI is InChI=1S/C9H12O5/c1-5(9(12)13)8(6(2)10)4-14-7(3)11/h8H,1,4H2,2-3H3,(H,12,13). The zero-order valence-corrected chi connectivity index (χ0v) is 8.07. The van der Waals surface area contributed by atoms with Gasteiger partial charge in [0.2, 0.25) is 0 Å². The Labute approximate surface area is 81.4 Å². The van der Waals surface area contributed by atoms with Gasteiger partial charge < -0.3 is 9.84 Å². The van der Waals surface area contributed by atoms with Gasteiger partial charge in [0.1, 0.15) is 12.4 Å². The summed E-state index contributed by atoms with van der Waals surface area (Å²) in [6.45, 7) is 5.38. The Morgan fingerprint density at radius 1 is 1.36 bits per heavy atom. The molecule has 1 unspecified atom stereocenters. The van der Waals surface area contributed by atoms with Crippen molar-refractivity contribution in [3.05, 3.63) is 12.2 Å². The van der Waals surface area contributed by atoms with Crippen LogP contribution < -0.4 is 0 Å². The lowest BCUT2D eigenvalue weighted by Gasteiger charge is -2.12. The maximum Gasteiger partial charge on any atom is 0.331 e. The van der Waals surface area contributed by atoms with Crippen LogP contribution in [0.3, 0.4) is 0 Å². The van der Waals surface area contributed by atoms with E-state index in [1.165, 1.54) is 13.8 Å². The van der Waals surface area contributed by atoms with E-state index in [9.17, 15) is 14.4 Å². The monoisotopic (exact) mass is 200 g/mol. The summed E-state index contributed by atoms with van der Waals surface area (Å²) in [6.07, 6.45) is 0. The molecular formula is C9H12O5. The predicted molar refractivity (Wildman–Crippen MR) is 47.6 cm³/mol. The number of carbonyl (C=O) groups is 3. The van der Waals surface area contributed by atoms with E-state index >= 15 is 0 Å². The number of carbonyl (C=O) groups excluding carboxylic acids is 2. The van der Waals surface area contributed by atoms with Crippen molar-refractivity contribution in [3.63, 3.8) is 0 Å². The lowest BCUT2D eigenvalue weighted by Crippen LogP contribution is -2.24. The minimum atomic E-state index is -1.27. The molecule has 0 aliphatic heterocycles. The highest BCUT2D eigenvalue weighted by molar-refractivity contribution is 5.95. The number of rotatable bonds is 5. The molecule has 0 aromatic carbocycles. The van der Waals surface area contributed by atoms with Crippen LogP contribution >= 0.6 is 0 Å². The molecule has 0 bridgehead atoms. The molecule has 78 valence electrons. The fourth-order valence-corrected chi connectivity index (χ4v) is 0.813. The van der Waals surface area contributed by atoms with Gasteiger partial charge in [0.25, 0.3) is 0 Å². The quantitative estimate of drug-likeness (QED) is 0.513. The Bertz CT molecular complexity index is 279. The van der Waals surface area contributed by atoms with E-state index in [0.29, 0.717) is 0 Å². The van der Waals surface area contributed by atoms with E-state index in [4.69, 9.17) is 5.11 Å². The smallest absolute Gasteiger partial charge is 0.331 e. The number of carboxylic acids is 1. The topological polar surface area (TPSA) is 80.7 Å². The minimum Gasteiger partial charge on any atom is -0.478 e. The summed E-state index contributed by atoms with van der Waals surface area (Å²) in [5, 5.41) is 8.57. The van der Waals surface area contributed by atoms with Crippen molar-refractivity contribution >= 4 is 17.7 Å². The van der Waals surface area contributed by atoms with Gasteiger partial charge in [0, 0.05) is 12.5 Å². The van der Waals surface area contributed by atoms with Gasteiger partial charge in [-0.1, -0.05) is 6.58 Å². The van der Waals surface area contributed by atoms with E-state index in [1.807, 2.05) is 0 Å². The fourth-order valence-electron chi connectivity index (χ4n) is 0.813. The van der Waals surface area contributed by atoms with E-state index in [1.54, 1.807) is 0 Å². The van der Waals surface area contributed by atoms with Crippen molar-refractivity contribution < 1.29 is 24.2 Å². The molecule has 0 saturated heterocycles. The highest BCUT2D eigenvalue weighted by Crippen LogP contribution is 2.11. The number of hydrogen-bond acceptors (Lipinski definition) is 4. The number of carboxylic acid groups (broad SMARTS) is 1. The lowest BCUT2D eigenvalue weighted by atomic mass is 9.98. The summed E-state index contributed by atoms with van der Waals surface area (Å²) in [4.78, 5) is 31.9. The molecule has 0 fully saturated rings. The van der Waals surface area contributed by atoms with Crippen LogP contribution in [0.4, 0.5) is 0 Å². The summed E-state index contributed by atoms with van der Waals surface area (Å²) < 4.78 is 4.55. The Morgan fingerprint density at radius 3 is 2.14 bits per heavy atom. The van der Waals surface area contributed by atoms with Crippen LogP contribution in [0.2, 0.25) is 0 Å². The van der Waals surface area contributed by atoms with Crippen LogP contribution in [0.25, 0.3) is 0 Å². The zero-order valence-electron chi connectivity index (χ0n) is 8.07. The third-order valence-electron chi connectivity index (χ3n) is 1.64. The third-order valence-corrected chi connectivity index (χ3v) is 1.64. The van der Waals surface area contributed by atoms with Gasteiger partial charge in [-0.3, -0.25) is 9.59 Å². The average Bonchev–Trinajstić information content (AvgIpc) is 2.02. The van der Waals surface area contributed by atoms with Gasteiger partial charge in [-0.05, 0) is 6.92 Å². The molecule has 1 N–H and O–H groups in total. The van der Waals surface area contributed by atoms with Crippen LogP contribution in [0.15, 0.2) is 12.2 Å². The lowest BCUT2D eigenvalue weighted by molar-refractivity contribution is -0.144. The van der Waals surface area contributed by atoms with Crippen LogP contribution in [-0.2, 0) is 19.1 Å². The van der Waals surface area contributed by atoms with Crippen molar-refractivity contribution in [2.24, 2.45) is 5.92 Å². The summed E-state index contributed by atoms with van der Waals surface area (Å²) in [5.74, 6) is -3.18. The summed E-state index contributed by atoms with van der Waals surface area (Å²) in [5.41, 5.74) is -0.265. The SMILES string of the molecule is C=C(C(=O)O)C(COC(C)=O)C(C)=O. The van der Waals surface area contributed by atoms with Crippen molar-refractivity contribution in [2.45, 2.75) is 13.8 Å². The maximum absolute atomic E-state index is 11.0. The Morgan fingerprint density at radius 2 is 1.86 bits per heavy atom. The molecule has 0 aliphatic carbocycles. The zero-order chi connectivity index (χ0) is 11.3. The Hall–Kier alpha value is -1.65. The van der Waals surface area contributed by atoms with Gasteiger partial charge in [0.15, 0.2) is 0 Å². The molecule has 0 amide bonds. The average molecular weight is 200 g/mol. The first-order valence-corrected chi connectivity index (χ1v) is 3.92. The molecule has 0 aromatic heterocycles. The number of aliphatic carboxylic acids is 1. The first kappa shape index (κ1) is 12.3. The van der Waals surface area contributed by atoms with Crippen molar-refractivity contribution in [1.82, 2.24) is 0 Å². The van der Waals surface area contributed by atoms with E-state index in [2.05, 4.69) is 11.3 Å². The highest BCUT2D eigenvalue weighted by atomic mass is 16.5. The fraction of sp³-hybridized carbons (Fsp3) is 0.444. The first-order valence-electron chi connectivity index (χ1n) is 3.92. The molecule has 0 aliphatic rings. The molecule has 1 atom stereocenters. The number of hydrogen-bond donors (Lipinski definition) is 1. The molecule has 0 saturated carbocycles. The molecule has 0 heterocycles. The second-order valence-electron chi connectivity index (χ2n) is 2.80. The number of ether oxygens (including phenoxy) is 1. The van der Waals surface area contributed by atoms with Gasteiger partial charge in [-0.25, -0.2) is 4.79 Å². The molecule has 5 heteroatoms. The predicted octanol–water partition coefficient (Wildman–Crippen LogP) is 0.395. The minimum absolute atomic E-state index is 0.265. The normalized spacial score (nSPS) is 11.6. The van der Waals surface area contributed by atoms with Gasteiger partial charge in [0.05, 0.1) is 5.92 Å². The summed E-state index contributed by atoms with van der Waals surface area (Å²) >= 11 is 0. The molecule has 0 rings (SSSR count). The number of esters is 1. The Kier molecular flexibility index (Phi) is 4.55. The third kappa shape index (κ3) is 3.84. The first-order chi connectivity index (χ1) is 6.36. The largest absolute Gasteiger partial charge is 0.478 e. The molecule has 5 nitrogen and oxygen atoms in total. The molecule has 0 radical (unpaired) electrons. The molecule has 0 aromatic rings. The van der Waals surface area contributed by atoms with Crippen LogP contribution in [-0.4, -0.2) is 29.4 Å². The van der Waals surface area contributed by atoms with Gasteiger partial charge >= 0.3 is 11.9 Å². The second-order valence-corrected chi connectivity index (χ2v) is 2.80.